The Kier molecular flexibility index (Phi) is 4.84. The number of benzene rings is 1. The Morgan fingerprint density at radius 1 is 1.05 bits per heavy atom. The van der Waals surface area contributed by atoms with Crippen molar-refractivity contribution in [2.45, 2.75) is 65.2 Å². The van der Waals surface area contributed by atoms with Crippen LogP contribution in [0, 0.1) is 13.8 Å². The molecule has 0 saturated heterocycles. The minimum absolute atomic E-state index is 0.395. The van der Waals surface area contributed by atoms with Gasteiger partial charge in [-0.3, -0.25) is 0 Å². The molecular formula is C18H30Si. The number of rotatable bonds is 3. The molecule has 1 rings (SSSR count). The van der Waals surface area contributed by atoms with Gasteiger partial charge in [0.2, 0.25) is 0 Å². The van der Waals surface area contributed by atoms with Crippen molar-refractivity contribution < 1.29 is 0 Å². The maximum atomic E-state index is 2.53. The molecule has 0 amide bonds. The highest BCUT2D eigenvalue weighted by atomic mass is 28.3. The molecule has 0 N–H and O–H groups in total. The number of allylic oxidation sites excluding steroid dienone is 2. The molecule has 1 heteroatoms. The minimum atomic E-state index is -1.45. The highest BCUT2D eigenvalue weighted by Gasteiger charge is 2.42. The topological polar surface area (TPSA) is 0 Å². The lowest BCUT2D eigenvalue weighted by Gasteiger charge is -2.43. The van der Waals surface area contributed by atoms with Crippen LogP contribution in [0.2, 0.25) is 18.1 Å². The van der Waals surface area contributed by atoms with E-state index < -0.39 is 8.07 Å². The maximum Gasteiger partial charge on any atom is 0.0649 e. The van der Waals surface area contributed by atoms with Crippen LogP contribution in [0.1, 0.15) is 49.9 Å². The molecule has 0 nitrogen and oxygen atoms in total. The van der Waals surface area contributed by atoms with E-state index in [9.17, 15) is 0 Å². The highest BCUT2D eigenvalue weighted by molar-refractivity contribution is 6.81. The van der Waals surface area contributed by atoms with Crippen molar-refractivity contribution >= 4 is 8.07 Å². The molecule has 1 aromatic rings. The van der Waals surface area contributed by atoms with Crippen LogP contribution in [0.15, 0.2) is 30.4 Å². The lowest BCUT2D eigenvalue weighted by atomic mass is 9.99. The van der Waals surface area contributed by atoms with Crippen molar-refractivity contribution in [1.29, 1.82) is 0 Å². The molecule has 0 fully saturated rings. The molecule has 106 valence electrons. The van der Waals surface area contributed by atoms with E-state index >= 15 is 0 Å². The first-order valence-corrected chi connectivity index (χ1v) is 10.4. The number of hydrogen-bond acceptors (Lipinski definition) is 0. The molecular weight excluding hydrogens is 244 g/mol. The second kappa shape index (κ2) is 5.66. The van der Waals surface area contributed by atoms with E-state index in [1.807, 2.05) is 0 Å². The summed E-state index contributed by atoms with van der Waals surface area (Å²) in [5.74, 6) is 0. The van der Waals surface area contributed by atoms with E-state index in [1.165, 1.54) is 11.1 Å². The maximum absolute atomic E-state index is 2.53. The molecule has 1 atom stereocenters. The molecule has 1 unspecified atom stereocenters. The smallest absolute Gasteiger partial charge is 0.0649 e. The van der Waals surface area contributed by atoms with Crippen LogP contribution in [0.25, 0.3) is 0 Å². The van der Waals surface area contributed by atoms with E-state index in [0.29, 0.717) is 10.6 Å². The number of aryl methyl sites for hydroxylation is 2. The first kappa shape index (κ1) is 16.2. The van der Waals surface area contributed by atoms with Crippen molar-refractivity contribution in [3.05, 3.63) is 47.0 Å². The molecule has 0 aliphatic heterocycles. The van der Waals surface area contributed by atoms with E-state index in [1.54, 1.807) is 5.56 Å². The van der Waals surface area contributed by atoms with Crippen LogP contribution in [-0.4, -0.2) is 8.07 Å². The van der Waals surface area contributed by atoms with Gasteiger partial charge in [-0.2, -0.15) is 0 Å². The predicted octanol–water partition coefficient (Wildman–Crippen LogP) is 6.01. The van der Waals surface area contributed by atoms with Crippen LogP contribution in [-0.2, 0) is 0 Å². The molecule has 1 aromatic carbocycles. The van der Waals surface area contributed by atoms with Gasteiger partial charge in [0.05, 0.1) is 8.07 Å². The molecule has 0 aromatic heterocycles. The summed E-state index contributed by atoms with van der Waals surface area (Å²) < 4.78 is 0. The highest BCUT2D eigenvalue weighted by Crippen LogP contribution is 2.46. The Morgan fingerprint density at radius 3 is 1.89 bits per heavy atom. The van der Waals surface area contributed by atoms with Crippen molar-refractivity contribution in [2.24, 2.45) is 0 Å². The largest absolute Gasteiger partial charge is 0.0913 e. The first-order chi connectivity index (χ1) is 8.63. The zero-order valence-corrected chi connectivity index (χ0v) is 15.0. The van der Waals surface area contributed by atoms with Crippen molar-refractivity contribution in [3.8, 4) is 0 Å². The monoisotopic (exact) mass is 274 g/mol. The van der Waals surface area contributed by atoms with Gasteiger partial charge >= 0.3 is 0 Å². The Bertz CT molecular complexity index is 441. The SMILES string of the molecule is C/C=C/C(c1c(C)cccc1C)[Si](C)(C)C(C)(C)C. The van der Waals surface area contributed by atoms with E-state index in [4.69, 9.17) is 0 Å². The summed E-state index contributed by atoms with van der Waals surface area (Å²) in [6, 6.07) is 6.68. The van der Waals surface area contributed by atoms with Crippen LogP contribution >= 0.6 is 0 Å². The quantitative estimate of drug-likeness (QED) is 0.467. The van der Waals surface area contributed by atoms with Gasteiger partial charge in [-0.05, 0) is 48.0 Å². The second-order valence-corrected chi connectivity index (χ2v) is 12.8. The lowest BCUT2D eigenvalue weighted by molar-refractivity contribution is 0.703. The van der Waals surface area contributed by atoms with Gasteiger partial charge in [-0.15, -0.1) is 0 Å². The fourth-order valence-electron chi connectivity index (χ4n) is 2.67. The van der Waals surface area contributed by atoms with Crippen LogP contribution in [0.4, 0.5) is 0 Å². The standard InChI is InChI=1S/C18H30Si/c1-9-11-16(19(7,8)18(4,5)6)17-14(2)12-10-13-15(17)3/h9-13,16H,1-8H3/b11-9+. The van der Waals surface area contributed by atoms with Crippen LogP contribution in [0.3, 0.4) is 0 Å². The fourth-order valence-corrected chi connectivity index (χ4v) is 5.46. The summed E-state index contributed by atoms with van der Waals surface area (Å²) in [5, 5.41) is 0.395. The zero-order chi connectivity index (χ0) is 14.8. The third kappa shape index (κ3) is 3.20. The Hall–Kier alpha value is -0.823. The van der Waals surface area contributed by atoms with E-state index in [-0.39, 0.29) is 0 Å². The molecule has 0 heterocycles. The van der Waals surface area contributed by atoms with Gasteiger partial charge in [-0.25, -0.2) is 0 Å². The third-order valence-electron chi connectivity index (χ3n) is 4.95. The molecule has 0 aliphatic rings. The molecule has 0 bridgehead atoms. The van der Waals surface area contributed by atoms with Crippen molar-refractivity contribution in [2.75, 3.05) is 0 Å². The Balaban J connectivity index is 3.46. The van der Waals surface area contributed by atoms with Gasteiger partial charge in [0.15, 0.2) is 0 Å². The summed E-state index contributed by atoms with van der Waals surface area (Å²) in [6.45, 7) is 18.9. The van der Waals surface area contributed by atoms with E-state index in [2.05, 4.69) is 85.0 Å². The molecule has 0 radical (unpaired) electrons. The lowest BCUT2D eigenvalue weighted by Crippen LogP contribution is -2.43. The van der Waals surface area contributed by atoms with Gasteiger partial charge in [0.1, 0.15) is 0 Å². The molecule has 0 saturated carbocycles. The Morgan fingerprint density at radius 2 is 1.53 bits per heavy atom. The summed E-state index contributed by atoms with van der Waals surface area (Å²) in [4.78, 5) is 0. The minimum Gasteiger partial charge on any atom is -0.0913 e. The normalized spacial score (nSPS) is 14.9. The molecule has 0 spiro atoms. The predicted molar refractivity (Wildman–Crippen MR) is 90.7 cm³/mol. The fraction of sp³-hybridized carbons (Fsp3) is 0.556. The summed E-state index contributed by atoms with van der Waals surface area (Å²) in [5.41, 5.74) is 5.03. The summed E-state index contributed by atoms with van der Waals surface area (Å²) >= 11 is 0. The van der Waals surface area contributed by atoms with Gasteiger partial charge in [-0.1, -0.05) is 64.2 Å². The zero-order valence-electron chi connectivity index (χ0n) is 14.0. The average Bonchev–Trinajstić information content (AvgIpc) is 2.25. The van der Waals surface area contributed by atoms with Crippen LogP contribution < -0.4 is 0 Å². The average molecular weight is 275 g/mol. The van der Waals surface area contributed by atoms with Crippen molar-refractivity contribution in [3.63, 3.8) is 0 Å². The molecule has 0 aliphatic carbocycles. The number of hydrogen-bond donors (Lipinski definition) is 0. The second-order valence-electron chi connectivity index (χ2n) is 7.28. The third-order valence-corrected chi connectivity index (χ3v) is 10.9. The van der Waals surface area contributed by atoms with Gasteiger partial charge in [0.25, 0.3) is 0 Å². The molecule has 19 heavy (non-hydrogen) atoms. The van der Waals surface area contributed by atoms with Gasteiger partial charge < -0.3 is 0 Å². The van der Waals surface area contributed by atoms with Gasteiger partial charge in [0, 0.05) is 0 Å². The Labute approximate surface area is 121 Å². The first-order valence-electron chi connectivity index (χ1n) is 7.32. The van der Waals surface area contributed by atoms with Crippen LogP contribution in [0.5, 0.6) is 0 Å². The van der Waals surface area contributed by atoms with Crippen molar-refractivity contribution in [1.82, 2.24) is 0 Å². The summed E-state index contributed by atoms with van der Waals surface area (Å²) in [7, 11) is -1.45. The summed E-state index contributed by atoms with van der Waals surface area (Å²) in [6.07, 6.45) is 4.67. The van der Waals surface area contributed by atoms with E-state index in [0.717, 1.165) is 0 Å².